The van der Waals surface area contributed by atoms with Gasteiger partial charge >= 0.3 is 5.97 Å². The second-order valence-corrected chi connectivity index (χ2v) is 8.50. The van der Waals surface area contributed by atoms with Gasteiger partial charge in [0.2, 0.25) is 0 Å². The lowest BCUT2D eigenvalue weighted by Gasteiger charge is -2.03. The highest BCUT2D eigenvalue weighted by molar-refractivity contribution is 7.20. The van der Waals surface area contributed by atoms with Crippen molar-refractivity contribution in [3.63, 3.8) is 0 Å². The Morgan fingerprint density at radius 2 is 2.00 bits per heavy atom. The molecule has 0 atom stereocenters. The molecule has 0 aliphatic carbocycles. The summed E-state index contributed by atoms with van der Waals surface area (Å²) in [5, 5.41) is 15.5. The third-order valence-corrected chi connectivity index (χ3v) is 6.64. The molecule has 0 unspecified atom stereocenters. The molecule has 7 nitrogen and oxygen atoms in total. The summed E-state index contributed by atoms with van der Waals surface area (Å²) < 4.78 is 12.1. The van der Waals surface area contributed by atoms with Crippen LogP contribution in [0.1, 0.15) is 20.2 Å². The number of aromatic carboxylic acids is 1. The van der Waals surface area contributed by atoms with Gasteiger partial charge in [0.1, 0.15) is 16.3 Å². The monoisotopic (exact) mass is 450 g/mol. The molecular formula is C22H14N2O5S2. The van der Waals surface area contributed by atoms with Gasteiger partial charge in [-0.05, 0) is 24.3 Å². The van der Waals surface area contributed by atoms with Crippen LogP contribution in [0.15, 0.2) is 58.3 Å². The minimum Gasteiger partial charge on any atom is -0.493 e. The van der Waals surface area contributed by atoms with Crippen LogP contribution in [0.5, 0.6) is 5.75 Å². The molecule has 0 spiro atoms. The number of fused-ring (bicyclic) bond motifs is 2. The fraction of sp³-hybridized carbons (Fsp3) is 0.0455. The Bertz CT molecular complexity index is 1430. The summed E-state index contributed by atoms with van der Waals surface area (Å²) in [5.41, 5.74) is 1.61. The van der Waals surface area contributed by atoms with Crippen molar-refractivity contribution in [3.05, 3.63) is 64.5 Å². The number of amides is 1. The van der Waals surface area contributed by atoms with Crippen molar-refractivity contribution in [2.75, 3.05) is 12.4 Å². The molecular weight excluding hydrogens is 436 g/mol. The number of methoxy groups -OCH3 is 1. The number of furan rings is 1. The lowest BCUT2D eigenvalue weighted by molar-refractivity contribution is 0.0699. The molecule has 5 aromatic rings. The van der Waals surface area contributed by atoms with Crippen LogP contribution in [-0.2, 0) is 0 Å². The zero-order valence-electron chi connectivity index (χ0n) is 16.0. The first-order valence-corrected chi connectivity index (χ1v) is 10.8. The first-order chi connectivity index (χ1) is 15.0. The van der Waals surface area contributed by atoms with Gasteiger partial charge in [0.25, 0.3) is 5.91 Å². The lowest BCUT2D eigenvalue weighted by atomic mass is 10.1. The Morgan fingerprint density at radius 1 is 1.16 bits per heavy atom. The number of nitrogens with zero attached hydrogens (tertiary/aromatic N) is 1. The van der Waals surface area contributed by atoms with Crippen LogP contribution in [0.4, 0.5) is 5.00 Å². The molecule has 0 fully saturated rings. The van der Waals surface area contributed by atoms with Crippen LogP contribution >= 0.6 is 22.7 Å². The van der Waals surface area contributed by atoms with E-state index in [2.05, 4.69) is 10.3 Å². The van der Waals surface area contributed by atoms with Crippen molar-refractivity contribution in [2.45, 2.75) is 0 Å². The molecule has 5 rings (SSSR count). The van der Waals surface area contributed by atoms with E-state index in [1.54, 1.807) is 24.6 Å². The van der Waals surface area contributed by atoms with Crippen LogP contribution < -0.4 is 10.1 Å². The van der Waals surface area contributed by atoms with Gasteiger partial charge in [0.05, 0.1) is 17.3 Å². The molecule has 0 aliphatic heterocycles. The van der Waals surface area contributed by atoms with Gasteiger partial charge in [-0.2, -0.15) is 0 Å². The minimum absolute atomic E-state index is 0.0301. The normalized spacial score (nSPS) is 11.1. The number of anilines is 1. The summed E-state index contributed by atoms with van der Waals surface area (Å²) in [6.45, 7) is 0. The number of ether oxygens (including phenoxy) is 1. The standard InChI is InChI=1S/C22H14N2O5S2/c1-28-14-7-4-5-11-9-15(29-18(11)14)12-10-30-20(17(12)22(26)27)24-19(25)21-23-13-6-2-3-8-16(13)31-21/h2-10H,1H3,(H,24,25)(H,26,27). The summed E-state index contributed by atoms with van der Waals surface area (Å²) >= 11 is 2.37. The zero-order chi connectivity index (χ0) is 21.5. The summed E-state index contributed by atoms with van der Waals surface area (Å²) in [6, 6.07) is 14.6. The molecule has 3 heterocycles. The maximum absolute atomic E-state index is 12.7. The van der Waals surface area contributed by atoms with Gasteiger partial charge in [-0.3, -0.25) is 4.79 Å². The fourth-order valence-corrected chi connectivity index (χ4v) is 5.10. The number of thiophene rings is 1. The van der Waals surface area contributed by atoms with E-state index in [0.717, 1.165) is 26.9 Å². The number of benzene rings is 2. The van der Waals surface area contributed by atoms with Gasteiger partial charge < -0.3 is 19.6 Å². The van der Waals surface area contributed by atoms with E-state index in [1.807, 2.05) is 36.4 Å². The predicted molar refractivity (Wildman–Crippen MR) is 121 cm³/mol. The van der Waals surface area contributed by atoms with E-state index in [-0.39, 0.29) is 15.6 Å². The Kier molecular flexibility index (Phi) is 4.68. The van der Waals surface area contributed by atoms with Gasteiger partial charge in [-0.25, -0.2) is 9.78 Å². The number of carbonyl (C=O) groups is 2. The summed E-state index contributed by atoms with van der Waals surface area (Å²) in [6.07, 6.45) is 0. The maximum Gasteiger partial charge on any atom is 0.339 e. The molecule has 0 saturated carbocycles. The molecule has 154 valence electrons. The fourth-order valence-electron chi connectivity index (χ4n) is 3.30. The number of para-hydroxylation sites is 2. The van der Waals surface area contributed by atoms with Crippen LogP contribution in [0.3, 0.4) is 0 Å². The number of hydrogen-bond acceptors (Lipinski definition) is 7. The second-order valence-electron chi connectivity index (χ2n) is 6.59. The van der Waals surface area contributed by atoms with Gasteiger partial charge in [-0.15, -0.1) is 22.7 Å². The molecule has 0 radical (unpaired) electrons. The van der Waals surface area contributed by atoms with Crippen molar-refractivity contribution in [2.24, 2.45) is 0 Å². The number of carboxylic acids is 1. The summed E-state index contributed by atoms with van der Waals surface area (Å²) in [4.78, 5) is 29.1. The van der Waals surface area contributed by atoms with E-state index in [0.29, 0.717) is 22.7 Å². The van der Waals surface area contributed by atoms with E-state index in [4.69, 9.17) is 9.15 Å². The Labute approximate surface area is 183 Å². The molecule has 0 aliphatic rings. The van der Waals surface area contributed by atoms with Crippen molar-refractivity contribution >= 4 is 60.7 Å². The number of aromatic nitrogens is 1. The Hall–Kier alpha value is -3.69. The zero-order valence-corrected chi connectivity index (χ0v) is 17.7. The summed E-state index contributed by atoms with van der Waals surface area (Å²) in [7, 11) is 1.54. The molecule has 0 bridgehead atoms. The smallest absolute Gasteiger partial charge is 0.339 e. The number of nitrogens with one attached hydrogen (secondary N) is 1. The number of carbonyl (C=O) groups excluding carboxylic acids is 1. The molecule has 2 aromatic carbocycles. The Balaban J connectivity index is 1.52. The molecule has 2 N–H and O–H groups in total. The topological polar surface area (TPSA) is 102 Å². The number of carboxylic acid groups (broad SMARTS) is 1. The third kappa shape index (κ3) is 3.33. The van der Waals surface area contributed by atoms with Crippen molar-refractivity contribution in [1.82, 2.24) is 4.98 Å². The number of hydrogen-bond donors (Lipinski definition) is 2. The van der Waals surface area contributed by atoms with Gasteiger partial charge in [0, 0.05) is 16.3 Å². The predicted octanol–water partition coefficient (Wildman–Crippen LogP) is 5.73. The van der Waals surface area contributed by atoms with Crippen LogP contribution in [0.25, 0.3) is 32.5 Å². The van der Waals surface area contributed by atoms with E-state index in [9.17, 15) is 14.7 Å². The Morgan fingerprint density at radius 3 is 2.77 bits per heavy atom. The second kappa shape index (κ2) is 7.53. The van der Waals surface area contributed by atoms with Gasteiger partial charge in [-0.1, -0.05) is 24.3 Å². The highest BCUT2D eigenvalue weighted by Crippen LogP contribution is 2.40. The molecule has 9 heteroatoms. The van der Waals surface area contributed by atoms with E-state index in [1.165, 1.54) is 11.3 Å². The van der Waals surface area contributed by atoms with Crippen molar-refractivity contribution in [3.8, 4) is 17.1 Å². The third-order valence-electron chi connectivity index (χ3n) is 4.71. The maximum atomic E-state index is 12.7. The largest absolute Gasteiger partial charge is 0.493 e. The van der Waals surface area contributed by atoms with Gasteiger partial charge in [0.15, 0.2) is 16.3 Å². The van der Waals surface area contributed by atoms with E-state index < -0.39 is 11.9 Å². The number of thiazole rings is 1. The molecule has 0 saturated heterocycles. The molecule has 1 amide bonds. The highest BCUT2D eigenvalue weighted by atomic mass is 32.1. The highest BCUT2D eigenvalue weighted by Gasteiger charge is 2.25. The van der Waals surface area contributed by atoms with Crippen molar-refractivity contribution in [1.29, 1.82) is 0 Å². The first-order valence-electron chi connectivity index (χ1n) is 9.14. The molecule has 31 heavy (non-hydrogen) atoms. The average Bonchev–Trinajstić information content (AvgIpc) is 3.48. The minimum atomic E-state index is -1.16. The summed E-state index contributed by atoms with van der Waals surface area (Å²) in [5.74, 6) is -0.680. The van der Waals surface area contributed by atoms with E-state index >= 15 is 0 Å². The lowest BCUT2D eigenvalue weighted by Crippen LogP contribution is -2.13. The molecule has 3 aromatic heterocycles. The van der Waals surface area contributed by atoms with Crippen molar-refractivity contribution < 1.29 is 23.8 Å². The average molecular weight is 450 g/mol. The first kappa shape index (κ1) is 19.3. The van der Waals surface area contributed by atoms with Crippen LogP contribution in [0.2, 0.25) is 0 Å². The SMILES string of the molecule is COc1cccc2cc(-c3csc(NC(=O)c4nc5ccccc5s4)c3C(=O)O)oc12. The number of rotatable bonds is 5. The quantitative estimate of drug-likeness (QED) is 0.355. The van der Waals surface area contributed by atoms with Crippen LogP contribution in [0, 0.1) is 0 Å². The van der Waals surface area contributed by atoms with Crippen LogP contribution in [-0.4, -0.2) is 29.1 Å².